The number of carbonyl (C=O) groups excluding carboxylic acids is 1. The summed E-state index contributed by atoms with van der Waals surface area (Å²) in [5.41, 5.74) is 1.23. The second kappa shape index (κ2) is 11.7. The van der Waals surface area contributed by atoms with E-state index in [1.54, 1.807) is 77.1 Å². The fraction of sp³-hybridized carbons (Fsp3) is 0.323. The predicted molar refractivity (Wildman–Crippen MR) is 171 cm³/mol. The highest BCUT2D eigenvalue weighted by atomic mass is 32.2. The highest BCUT2D eigenvalue weighted by Crippen LogP contribution is 2.43. The van der Waals surface area contributed by atoms with E-state index in [1.165, 1.54) is 33.3 Å². The maximum atomic E-state index is 12.7. The number of sulfone groups is 1. The molecule has 2 radical (unpaired) electrons. The number of nitrogens with zero attached hydrogens (tertiary/aromatic N) is 5. The average molecular weight is 642 g/mol. The highest BCUT2D eigenvalue weighted by molar-refractivity contribution is 7.92. The van der Waals surface area contributed by atoms with Crippen LogP contribution in [0, 0.1) is 0 Å². The van der Waals surface area contributed by atoms with E-state index in [9.17, 15) is 13.2 Å². The molecule has 4 heterocycles. The molecule has 12 nitrogen and oxygen atoms in total. The van der Waals surface area contributed by atoms with Crippen molar-refractivity contribution in [1.82, 2.24) is 20.0 Å². The van der Waals surface area contributed by atoms with Crippen LogP contribution in [0.25, 0.3) is 34.0 Å². The Hall–Kier alpha value is -4.49. The van der Waals surface area contributed by atoms with Gasteiger partial charge in [0.05, 0.1) is 22.0 Å². The lowest BCUT2D eigenvalue weighted by Crippen LogP contribution is -2.33. The Balaban J connectivity index is 1.30. The normalized spacial score (nSPS) is 19.3. The van der Waals surface area contributed by atoms with Crippen LogP contribution in [0.3, 0.4) is 0 Å². The molecule has 4 aromatic rings. The van der Waals surface area contributed by atoms with Gasteiger partial charge in [0.25, 0.3) is 0 Å². The van der Waals surface area contributed by atoms with Gasteiger partial charge in [0.2, 0.25) is 0 Å². The van der Waals surface area contributed by atoms with Gasteiger partial charge in [-0.05, 0) is 52.3 Å². The molecule has 0 aliphatic carbocycles. The van der Waals surface area contributed by atoms with Crippen LogP contribution in [0.1, 0.15) is 50.0 Å². The van der Waals surface area contributed by atoms with Crippen molar-refractivity contribution in [2.75, 3.05) is 6.98 Å². The molecule has 2 aromatic heterocycles. The Kier molecular flexibility index (Phi) is 7.07. The van der Waals surface area contributed by atoms with Gasteiger partial charge < -0.3 is 23.5 Å². The first kappa shape index (κ1) is 27.8. The molecule has 2 aliphatic rings. The topological polar surface area (TPSA) is 153 Å². The van der Waals surface area contributed by atoms with Crippen molar-refractivity contribution in [3.8, 4) is 34.0 Å². The summed E-state index contributed by atoms with van der Waals surface area (Å²) in [4.78, 5) is 27.5. The first-order valence-electron chi connectivity index (χ1n) is 15.9. The van der Waals surface area contributed by atoms with E-state index in [0.29, 0.717) is 44.5 Å². The summed E-state index contributed by atoms with van der Waals surface area (Å²) in [6.07, 6.45) is 0.592. The number of hydrogen-bond acceptors (Lipinski definition) is 11. The standard InChI is InChI=1S/C31H31B2N5O7S/c1-18(2)46(40,41)22-13-11-21(12-14-22)24-16-34-27(31(33-45-31)36-28-32-43-28)26(35-24)25-15-23(37-44-25)20-9-7-19(8-10-20)17-38(6)29(39)42-30(3,4)5/h7-16,18H,17H2,1-6H3/i6D3. The van der Waals surface area contributed by atoms with E-state index in [-0.39, 0.29) is 22.9 Å². The van der Waals surface area contributed by atoms with Gasteiger partial charge >= 0.3 is 21.1 Å². The van der Waals surface area contributed by atoms with Crippen molar-refractivity contribution >= 4 is 36.7 Å². The van der Waals surface area contributed by atoms with Gasteiger partial charge in [0, 0.05) is 34.8 Å². The molecule has 0 saturated carbocycles. The summed E-state index contributed by atoms with van der Waals surface area (Å²) in [5.74, 6) is 0.639. The number of carbonyl (C=O) groups is 1. The molecule has 1 amide bonds. The first-order chi connectivity index (χ1) is 22.9. The molecule has 0 spiro atoms. The van der Waals surface area contributed by atoms with Crippen LogP contribution >= 0.6 is 0 Å². The maximum Gasteiger partial charge on any atom is 0.474 e. The number of aliphatic imine (C=N–C) groups is 1. The minimum atomic E-state index is -3.46. The summed E-state index contributed by atoms with van der Waals surface area (Å²) >= 11 is 0. The van der Waals surface area contributed by atoms with E-state index >= 15 is 0 Å². The fourth-order valence-corrected chi connectivity index (χ4v) is 5.49. The first-order valence-corrected chi connectivity index (χ1v) is 15.9. The highest BCUT2D eigenvalue weighted by Gasteiger charge is 2.54. The molecule has 15 heteroatoms. The minimum absolute atomic E-state index is 0.200. The van der Waals surface area contributed by atoms with Crippen molar-refractivity contribution in [3.05, 3.63) is 72.1 Å². The Morgan fingerprint density at radius 3 is 2.35 bits per heavy atom. The third-order valence-electron chi connectivity index (χ3n) is 7.00. The van der Waals surface area contributed by atoms with Crippen molar-refractivity contribution in [2.45, 2.75) is 62.5 Å². The number of benzene rings is 2. The molecular formula is C31H31B2N5O7S. The number of rotatable bonds is 9. The minimum Gasteiger partial charge on any atom is -0.549 e. The molecule has 234 valence electrons. The van der Waals surface area contributed by atoms with Gasteiger partial charge in [-0.15, -0.1) is 0 Å². The molecule has 6 rings (SSSR count). The van der Waals surface area contributed by atoms with Gasteiger partial charge in [-0.3, -0.25) is 4.98 Å². The zero-order chi connectivity index (χ0) is 35.4. The van der Waals surface area contributed by atoms with Crippen LogP contribution in [-0.2, 0) is 36.1 Å². The third-order valence-corrected chi connectivity index (χ3v) is 9.17. The Labute approximate surface area is 272 Å². The molecule has 2 fully saturated rings. The van der Waals surface area contributed by atoms with Gasteiger partial charge in [-0.25, -0.2) is 23.2 Å². The zero-order valence-electron chi connectivity index (χ0n) is 28.7. The lowest BCUT2D eigenvalue weighted by molar-refractivity contribution is 0.0285. The third kappa shape index (κ3) is 6.70. The molecule has 0 bridgehead atoms. The molecule has 2 saturated heterocycles. The van der Waals surface area contributed by atoms with E-state index < -0.39 is 39.4 Å². The second-order valence-electron chi connectivity index (χ2n) is 12.0. The number of aromatic nitrogens is 3. The molecule has 46 heavy (non-hydrogen) atoms. The molecule has 0 N–H and O–H groups in total. The maximum absolute atomic E-state index is 12.7. The summed E-state index contributed by atoms with van der Waals surface area (Å²) in [5, 5.41) is 3.67. The van der Waals surface area contributed by atoms with Crippen molar-refractivity contribution in [3.63, 3.8) is 0 Å². The Morgan fingerprint density at radius 1 is 1.11 bits per heavy atom. The smallest absolute Gasteiger partial charge is 0.474 e. The molecule has 2 aromatic carbocycles. The van der Waals surface area contributed by atoms with Crippen LogP contribution in [0.4, 0.5) is 4.79 Å². The largest absolute Gasteiger partial charge is 0.549 e. The predicted octanol–water partition coefficient (Wildman–Crippen LogP) is 4.78. The van der Waals surface area contributed by atoms with E-state index in [0.717, 1.165) is 0 Å². The molecule has 2 aliphatic heterocycles. The molecule has 1 unspecified atom stereocenters. The van der Waals surface area contributed by atoms with E-state index in [1.807, 2.05) is 0 Å². The lowest BCUT2D eigenvalue weighted by Gasteiger charge is -2.24. The second-order valence-corrected chi connectivity index (χ2v) is 14.5. The van der Waals surface area contributed by atoms with Crippen molar-refractivity contribution < 1.29 is 35.9 Å². The van der Waals surface area contributed by atoms with Crippen LogP contribution in [-0.4, -0.2) is 73.1 Å². The van der Waals surface area contributed by atoms with Gasteiger partial charge in [-0.1, -0.05) is 41.6 Å². The summed E-state index contributed by atoms with van der Waals surface area (Å²) in [6, 6.07) is 14.9. The van der Waals surface area contributed by atoms with E-state index in [2.05, 4.69) is 15.1 Å². The van der Waals surface area contributed by atoms with Gasteiger partial charge in [0.15, 0.2) is 27.0 Å². The molecule has 1 atom stereocenters. The Bertz CT molecular complexity index is 2020. The van der Waals surface area contributed by atoms with Crippen molar-refractivity contribution in [1.29, 1.82) is 0 Å². The Morgan fingerprint density at radius 2 is 1.76 bits per heavy atom. The number of amides is 1. The monoisotopic (exact) mass is 642 g/mol. The number of ether oxygens (including phenoxy) is 1. The number of hydrogen-bond donors (Lipinski definition) is 0. The van der Waals surface area contributed by atoms with E-state index in [4.69, 9.17) is 27.7 Å². The van der Waals surface area contributed by atoms with Gasteiger partial charge in [-0.2, -0.15) is 0 Å². The molecular weight excluding hydrogens is 608 g/mol. The van der Waals surface area contributed by atoms with Crippen LogP contribution in [0.2, 0.25) is 0 Å². The summed E-state index contributed by atoms with van der Waals surface area (Å²) in [6.45, 7) is 5.33. The van der Waals surface area contributed by atoms with Crippen LogP contribution in [0.15, 0.2) is 75.2 Å². The average Bonchev–Trinajstić information content (AvgIpc) is 3.97. The quantitative estimate of drug-likeness (QED) is 0.184. The summed E-state index contributed by atoms with van der Waals surface area (Å²) in [7, 11) is -0.503. The lowest BCUT2D eigenvalue weighted by atomic mass is 9.91. The van der Waals surface area contributed by atoms with Crippen molar-refractivity contribution in [2.24, 2.45) is 4.99 Å². The van der Waals surface area contributed by atoms with Crippen LogP contribution < -0.4 is 0 Å². The fourth-order valence-electron chi connectivity index (χ4n) is 4.43. The van der Waals surface area contributed by atoms with Gasteiger partial charge in [0.1, 0.15) is 22.7 Å². The summed E-state index contributed by atoms with van der Waals surface area (Å²) < 4.78 is 70.5. The van der Waals surface area contributed by atoms with Crippen LogP contribution in [0.5, 0.6) is 0 Å². The zero-order valence-corrected chi connectivity index (χ0v) is 26.5. The SMILES string of the molecule is [2H]C([2H])([2H])N(Cc1ccc(-c2cc(-c3nc(-c4ccc(S(=O)(=O)C(C)C)cc4)cnc3C3(N=C4[B]O4)[B]O3)on2)cc1)C(=O)OC(C)(C)C.